The van der Waals surface area contributed by atoms with E-state index in [4.69, 9.17) is 4.74 Å². The van der Waals surface area contributed by atoms with Crippen LogP contribution >= 0.6 is 0 Å². The van der Waals surface area contributed by atoms with E-state index < -0.39 is 0 Å². The van der Waals surface area contributed by atoms with Crippen molar-refractivity contribution >= 4 is 23.6 Å². The maximum absolute atomic E-state index is 12.9. The second-order valence-electron chi connectivity index (χ2n) is 7.73. The highest BCUT2D eigenvalue weighted by Gasteiger charge is 2.31. The van der Waals surface area contributed by atoms with Crippen LogP contribution in [-0.4, -0.2) is 55.1 Å². The third kappa shape index (κ3) is 3.57. The minimum Gasteiger partial charge on any atom is -0.450 e. The number of carbonyl (C=O) groups is 3. The van der Waals surface area contributed by atoms with Crippen molar-refractivity contribution in [2.24, 2.45) is 0 Å². The number of amides is 3. The molecule has 1 fully saturated rings. The SMILES string of the molecule is CCOC(=O)N1CCC(NC(=O)c2cc3c4c(c2)CCC(=O)N4CCC3)CC1. The standard InChI is InChI=1S/C21H27N3O4/c1-2-28-21(27)23-10-7-17(8-11-23)22-20(26)16-12-14-4-3-9-24-18(25)6-5-15(13-16)19(14)24/h12-13,17H,2-11H2,1H3,(H,22,26). The Labute approximate surface area is 165 Å². The number of carbonyl (C=O) groups excluding carboxylic acids is 3. The lowest BCUT2D eigenvalue weighted by atomic mass is 9.89. The van der Waals surface area contributed by atoms with Crippen LogP contribution in [0.15, 0.2) is 12.1 Å². The summed E-state index contributed by atoms with van der Waals surface area (Å²) in [6, 6.07) is 3.96. The summed E-state index contributed by atoms with van der Waals surface area (Å²) < 4.78 is 5.04. The van der Waals surface area contributed by atoms with Crippen LogP contribution in [0.4, 0.5) is 10.5 Å². The lowest BCUT2D eigenvalue weighted by molar-refractivity contribution is -0.119. The zero-order chi connectivity index (χ0) is 19.7. The lowest BCUT2D eigenvalue weighted by Gasteiger charge is -2.35. The molecule has 1 N–H and O–H groups in total. The molecule has 0 aromatic heterocycles. The molecule has 3 aliphatic heterocycles. The van der Waals surface area contributed by atoms with Gasteiger partial charge >= 0.3 is 6.09 Å². The fourth-order valence-corrected chi connectivity index (χ4v) is 4.47. The summed E-state index contributed by atoms with van der Waals surface area (Å²) in [7, 11) is 0. The Kier molecular flexibility index (Phi) is 5.24. The van der Waals surface area contributed by atoms with E-state index in [0.717, 1.165) is 49.0 Å². The summed E-state index contributed by atoms with van der Waals surface area (Å²) in [5, 5.41) is 3.12. The monoisotopic (exact) mass is 385 g/mol. The molecule has 150 valence electrons. The van der Waals surface area contributed by atoms with Crippen molar-refractivity contribution in [1.82, 2.24) is 10.2 Å². The Bertz CT molecular complexity index is 782. The molecule has 7 heteroatoms. The predicted molar refractivity (Wildman–Crippen MR) is 105 cm³/mol. The normalized spacial score (nSPS) is 19.2. The van der Waals surface area contributed by atoms with E-state index in [9.17, 15) is 14.4 Å². The first-order valence-electron chi connectivity index (χ1n) is 10.3. The van der Waals surface area contributed by atoms with Gasteiger partial charge in [-0.2, -0.15) is 0 Å². The first kappa shape index (κ1) is 18.8. The van der Waals surface area contributed by atoms with Gasteiger partial charge in [0.05, 0.1) is 12.3 Å². The van der Waals surface area contributed by atoms with Crippen molar-refractivity contribution < 1.29 is 19.1 Å². The Morgan fingerprint density at radius 3 is 2.54 bits per heavy atom. The van der Waals surface area contributed by atoms with Crippen LogP contribution in [0, 0.1) is 0 Å². The summed E-state index contributed by atoms with van der Waals surface area (Å²) >= 11 is 0. The summed E-state index contributed by atoms with van der Waals surface area (Å²) in [6.07, 6.45) is 4.25. The molecule has 1 aromatic carbocycles. The first-order chi connectivity index (χ1) is 13.6. The molecule has 0 spiro atoms. The number of aryl methyl sites for hydroxylation is 2. The smallest absolute Gasteiger partial charge is 0.409 e. The second kappa shape index (κ2) is 7.81. The van der Waals surface area contributed by atoms with Gasteiger partial charge in [-0.3, -0.25) is 9.59 Å². The molecular weight excluding hydrogens is 358 g/mol. The molecule has 1 saturated heterocycles. The molecule has 28 heavy (non-hydrogen) atoms. The van der Waals surface area contributed by atoms with E-state index in [1.54, 1.807) is 11.8 Å². The lowest BCUT2D eigenvalue weighted by Crippen LogP contribution is -2.46. The van der Waals surface area contributed by atoms with E-state index in [-0.39, 0.29) is 23.9 Å². The van der Waals surface area contributed by atoms with E-state index in [0.29, 0.717) is 38.1 Å². The average molecular weight is 385 g/mol. The van der Waals surface area contributed by atoms with Crippen LogP contribution in [0.3, 0.4) is 0 Å². The van der Waals surface area contributed by atoms with Crippen molar-refractivity contribution in [3.05, 3.63) is 28.8 Å². The first-order valence-corrected chi connectivity index (χ1v) is 10.3. The Morgan fingerprint density at radius 1 is 1.11 bits per heavy atom. The zero-order valence-corrected chi connectivity index (χ0v) is 16.3. The van der Waals surface area contributed by atoms with Gasteiger partial charge in [-0.1, -0.05) is 0 Å². The summed E-state index contributed by atoms with van der Waals surface area (Å²) in [6.45, 7) is 4.14. The average Bonchev–Trinajstić information content (AvgIpc) is 2.71. The maximum Gasteiger partial charge on any atom is 0.409 e. The highest BCUT2D eigenvalue weighted by molar-refractivity contribution is 6.00. The van der Waals surface area contributed by atoms with Crippen LogP contribution in [0.2, 0.25) is 0 Å². The zero-order valence-electron chi connectivity index (χ0n) is 16.3. The van der Waals surface area contributed by atoms with Gasteiger partial charge < -0.3 is 19.9 Å². The van der Waals surface area contributed by atoms with Gasteiger partial charge in [0.1, 0.15) is 0 Å². The molecule has 3 heterocycles. The third-order valence-electron chi connectivity index (χ3n) is 5.89. The molecule has 0 radical (unpaired) electrons. The van der Waals surface area contributed by atoms with E-state index in [1.165, 1.54) is 0 Å². The molecule has 0 bridgehead atoms. The van der Waals surface area contributed by atoms with Gasteiger partial charge in [0.15, 0.2) is 0 Å². The molecule has 4 rings (SSSR count). The van der Waals surface area contributed by atoms with Crippen molar-refractivity contribution in [3.8, 4) is 0 Å². The van der Waals surface area contributed by atoms with Crippen LogP contribution in [0.25, 0.3) is 0 Å². The van der Waals surface area contributed by atoms with Crippen molar-refractivity contribution in [1.29, 1.82) is 0 Å². The Morgan fingerprint density at radius 2 is 1.82 bits per heavy atom. The molecule has 0 atom stereocenters. The molecule has 3 amide bonds. The number of hydrogen-bond acceptors (Lipinski definition) is 4. The van der Waals surface area contributed by atoms with Crippen LogP contribution in [0.5, 0.6) is 0 Å². The molecule has 3 aliphatic rings. The number of rotatable bonds is 3. The Hall–Kier alpha value is -2.57. The van der Waals surface area contributed by atoms with Gasteiger partial charge in [-0.05, 0) is 62.3 Å². The summed E-state index contributed by atoms with van der Waals surface area (Å²) in [4.78, 5) is 40.4. The molecule has 7 nitrogen and oxygen atoms in total. The fraction of sp³-hybridized carbons (Fsp3) is 0.571. The maximum atomic E-state index is 12.9. The minimum absolute atomic E-state index is 0.0589. The van der Waals surface area contributed by atoms with Crippen molar-refractivity contribution in [2.45, 2.75) is 51.5 Å². The highest BCUT2D eigenvalue weighted by atomic mass is 16.6. The second-order valence-corrected chi connectivity index (χ2v) is 7.73. The summed E-state index contributed by atoms with van der Waals surface area (Å²) in [5.41, 5.74) is 3.94. The highest BCUT2D eigenvalue weighted by Crippen LogP contribution is 2.36. The van der Waals surface area contributed by atoms with Crippen LogP contribution < -0.4 is 10.2 Å². The summed E-state index contributed by atoms with van der Waals surface area (Å²) in [5.74, 6) is 0.127. The number of hydrogen-bond donors (Lipinski definition) is 1. The molecular formula is C21H27N3O4. The molecule has 1 aromatic rings. The fourth-order valence-electron chi connectivity index (χ4n) is 4.47. The van der Waals surface area contributed by atoms with Gasteiger partial charge in [0.25, 0.3) is 5.91 Å². The van der Waals surface area contributed by atoms with E-state index in [1.807, 2.05) is 17.0 Å². The predicted octanol–water partition coefficient (Wildman–Crippen LogP) is 2.26. The molecule has 0 aliphatic carbocycles. The number of anilines is 1. The number of nitrogens with zero attached hydrogens (tertiary/aromatic N) is 2. The van der Waals surface area contributed by atoms with Gasteiger partial charge in [-0.25, -0.2) is 4.79 Å². The van der Waals surface area contributed by atoms with E-state index in [2.05, 4.69) is 5.32 Å². The topological polar surface area (TPSA) is 79.0 Å². The number of benzene rings is 1. The molecule has 0 unspecified atom stereocenters. The quantitative estimate of drug-likeness (QED) is 0.866. The minimum atomic E-state index is -0.278. The van der Waals surface area contributed by atoms with Gasteiger partial charge in [0, 0.05) is 37.7 Å². The third-order valence-corrected chi connectivity index (χ3v) is 5.89. The van der Waals surface area contributed by atoms with Crippen LogP contribution in [-0.2, 0) is 22.4 Å². The van der Waals surface area contributed by atoms with Crippen LogP contribution in [0.1, 0.15) is 54.1 Å². The number of likely N-dealkylation sites (tertiary alicyclic amines) is 1. The van der Waals surface area contributed by atoms with Gasteiger partial charge in [0.2, 0.25) is 5.91 Å². The van der Waals surface area contributed by atoms with Crippen molar-refractivity contribution in [2.75, 3.05) is 31.1 Å². The number of piperidine rings is 1. The van der Waals surface area contributed by atoms with Gasteiger partial charge in [-0.15, -0.1) is 0 Å². The number of nitrogens with one attached hydrogen (secondary N) is 1. The molecule has 0 saturated carbocycles. The number of ether oxygens (including phenoxy) is 1. The largest absolute Gasteiger partial charge is 0.450 e. The Balaban J connectivity index is 1.43. The van der Waals surface area contributed by atoms with Crippen molar-refractivity contribution in [3.63, 3.8) is 0 Å². The van der Waals surface area contributed by atoms with E-state index >= 15 is 0 Å².